The number of ether oxygens (including phenoxy) is 4. The molecule has 2 heterocycles. The van der Waals surface area contributed by atoms with Crippen molar-refractivity contribution in [3.05, 3.63) is 40.7 Å². The Balaban J connectivity index is 1.38. The average Bonchev–Trinajstić information content (AvgIpc) is 3.35. The number of benzene rings is 1. The standard InChI is InChI=1S/C32H40N2O13/c1-16(36)28(39)33-11-8-23(37)46-21(30(42)44-17(2)29(40)41)14-24(38)45-20-7-10-32(43)22-13-18-5-6-19(15-35)26-25(18)31(32,27(20)47-26)9-4-12-34(22)3/h5-7,16-17,21-22,27,35-36,43H,4,8-15H2,1-3H3,(H,33,39)(H,40,41)/t16-,17-,21-,22+,27-,31-,32+/m0/s1. The Morgan fingerprint density at radius 1 is 1.15 bits per heavy atom. The molecule has 5 N–H and O–H groups in total. The molecule has 1 aromatic carbocycles. The van der Waals surface area contributed by atoms with Crippen LogP contribution in [0.2, 0.25) is 0 Å². The number of esters is 3. The number of carboxylic acid groups (broad SMARTS) is 1. The van der Waals surface area contributed by atoms with Gasteiger partial charge in [0.1, 0.15) is 17.6 Å². The predicted octanol–water partition coefficient (Wildman–Crippen LogP) is -0.405. The van der Waals surface area contributed by atoms with Crippen LogP contribution < -0.4 is 10.1 Å². The molecule has 15 nitrogen and oxygen atoms in total. The van der Waals surface area contributed by atoms with Gasteiger partial charge < -0.3 is 49.6 Å². The summed E-state index contributed by atoms with van der Waals surface area (Å²) in [5.74, 6) is -4.99. The van der Waals surface area contributed by atoms with Crippen molar-refractivity contribution >= 4 is 29.8 Å². The molecule has 1 amide bonds. The van der Waals surface area contributed by atoms with Crippen LogP contribution in [-0.2, 0) is 56.6 Å². The van der Waals surface area contributed by atoms with E-state index in [0.717, 1.165) is 24.6 Å². The first-order valence-electron chi connectivity index (χ1n) is 15.6. The van der Waals surface area contributed by atoms with Crippen LogP contribution in [0.3, 0.4) is 0 Å². The van der Waals surface area contributed by atoms with Crippen LogP contribution >= 0.6 is 0 Å². The number of carboxylic acids is 1. The number of likely N-dealkylation sites (tertiary alicyclic amines) is 1. The molecule has 2 aliphatic heterocycles. The molecule has 1 aromatic rings. The summed E-state index contributed by atoms with van der Waals surface area (Å²) in [5, 5.41) is 43.4. The summed E-state index contributed by atoms with van der Waals surface area (Å²) in [4.78, 5) is 63.8. The molecule has 0 saturated carbocycles. The third kappa shape index (κ3) is 6.08. The molecule has 2 aliphatic carbocycles. The highest BCUT2D eigenvalue weighted by molar-refractivity contribution is 5.87. The normalized spacial score (nSPS) is 27.5. The first-order valence-corrected chi connectivity index (χ1v) is 15.6. The minimum Gasteiger partial charge on any atom is -0.481 e. The lowest BCUT2D eigenvalue weighted by Gasteiger charge is -2.56. The van der Waals surface area contributed by atoms with E-state index in [0.29, 0.717) is 30.6 Å². The van der Waals surface area contributed by atoms with E-state index < -0.39 is 78.1 Å². The van der Waals surface area contributed by atoms with Crippen LogP contribution in [0.1, 0.15) is 62.6 Å². The third-order valence-electron chi connectivity index (χ3n) is 9.62. The lowest BCUT2D eigenvalue weighted by molar-refractivity contribution is -0.178. The maximum Gasteiger partial charge on any atom is 0.348 e. The molecule has 2 bridgehead atoms. The fourth-order valence-electron chi connectivity index (χ4n) is 7.34. The Hall–Kier alpha value is -4.05. The summed E-state index contributed by atoms with van der Waals surface area (Å²) in [6.07, 6.45) is -3.55. The molecule has 0 radical (unpaired) electrons. The lowest BCUT2D eigenvalue weighted by Crippen LogP contribution is -2.69. The number of rotatable bonds is 12. The largest absolute Gasteiger partial charge is 0.481 e. The molecule has 15 heteroatoms. The highest BCUT2D eigenvalue weighted by atomic mass is 16.6. The van der Waals surface area contributed by atoms with Crippen molar-refractivity contribution in [2.75, 3.05) is 20.1 Å². The van der Waals surface area contributed by atoms with Gasteiger partial charge in [-0.25, -0.2) is 9.59 Å². The van der Waals surface area contributed by atoms with Gasteiger partial charge in [-0.15, -0.1) is 0 Å². The van der Waals surface area contributed by atoms with E-state index in [9.17, 15) is 44.4 Å². The van der Waals surface area contributed by atoms with Crippen molar-refractivity contribution in [2.24, 2.45) is 0 Å². The number of likely N-dealkylation sites (N-methyl/N-ethyl adjacent to an activating group) is 1. The Kier molecular flexibility index (Phi) is 9.64. The first-order chi connectivity index (χ1) is 22.2. The van der Waals surface area contributed by atoms with Crippen molar-refractivity contribution in [2.45, 2.75) is 100 Å². The Morgan fingerprint density at radius 3 is 2.57 bits per heavy atom. The van der Waals surface area contributed by atoms with Crippen LogP contribution in [0.25, 0.3) is 0 Å². The summed E-state index contributed by atoms with van der Waals surface area (Å²) in [6.45, 7) is 2.49. The SMILES string of the molecule is C[C@H](O)C(=O)NCCC(=O)O[C@@H](CC(=O)OC1=CC[C@@]2(O)[C@H]3Cc4ccc(CO)c5c4[C@@]2(CCCN3C)[C@H]1O5)C(=O)O[C@@H](C)C(=O)O. The number of hydrogen-bond donors (Lipinski definition) is 5. The summed E-state index contributed by atoms with van der Waals surface area (Å²) in [6, 6.07) is 3.46. The summed E-state index contributed by atoms with van der Waals surface area (Å²) >= 11 is 0. The van der Waals surface area contributed by atoms with Gasteiger partial charge in [-0.05, 0) is 58.3 Å². The third-order valence-corrected chi connectivity index (χ3v) is 9.62. The zero-order valence-corrected chi connectivity index (χ0v) is 26.4. The molecule has 1 fully saturated rings. The van der Waals surface area contributed by atoms with E-state index in [1.165, 1.54) is 6.92 Å². The van der Waals surface area contributed by atoms with Gasteiger partial charge in [-0.3, -0.25) is 14.4 Å². The average molecular weight is 661 g/mol. The molecular formula is C32H40N2O13. The molecule has 5 rings (SSSR count). The zero-order valence-electron chi connectivity index (χ0n) is 26.4. The van der Waals surface area contributed by atoms with E-state index in [-0.39, 0.29) is 31.4 Å². The van der Waals surface area contributed by atoms with E-state index in [1.54, 1.807) is 12.1 Å². The fraction of sp³-hybridized carbons (Fsp3) is 0.594. The van der Waals surface area contributed by atoms with Gasteiger partial charge in [0, 0.05) is 30.1 Å². The zero-order chi connectivity index (χ0) is 34.3. The van der Waals surface area contributed by atoms with Gasteiger partial charge in [0.2, 0.25) is 12.0 Å². The predicted molar refractivity (Wildman–Crippen MR) is 159 cm³/mol. The van der Waals surface area contributed by atoms with Crippen LogP contribution in [-0.4, -0.2) is 111 Å². The second kappa shape index (κ2) is 13.2. The van der Waals surface area contributed by atoms with Gasteiger partial charge in [-0.2, -0.15) is 0 Å². The minimum atomic E-state index is -1.89. The van der Waals surface area contributed by atoms with Crippen molar-refractivity contribution in [1.82, 2.24) is 10.2 Å². The van der Waals surface area contributed by atoms with Gasteiger partial charge in [0.05, 0.1) is 30.5 Å². The molecule has 7 atom stereocenters. The van der Waals surface area contributed by atoms with Crippen molar-refractivity contribution < 1.29 is 63.3 Å². The highest BCUT2D eigenvalue weighted by Gasteiger charge is 2.70. The quantitative estimate of drug-likeness (QED) is 0.142. The Morgan fingerprint density at radius 2 is 1.89 bits per heavy atom. The number of carbonyl (C=O) groups excluding carboxylic acids is 4. The van der Waals surface area contributed by atoms with E-state index in [1.807, 2.05) is 13.1 Å². The Bertz CT molecular complexity index is 1490. The number of nitrogens with one attached hydrogen (secondary N) is 1. The van der Waals surface area contributed by atoms with Gasteiger partial charge in [0.15, 0.2) is 12.2 Å². The van der Waals surface area contributed by atoms with Crippen molar-refractivity contribution in [1.29, 1.82) is 0 Å². The second-order valence-corrected chi connectivity index (χ2v) is 12.5. The van der Waals surface area contributed by atoms with E-state index in [2.05, 4.69) is 10.2 Å². The number of hydrogen-bond acceptors (Lipinski definition) is 13. The number of carbonyl (C=O) groups is 5. The monoisotopic (exact) mass is 660 g/mol. The van der Waals surface area contributed by atoms with Crippen molar-refractivity contribution in [3.8, 4) is 5.75 Å². The summed E-state index contributed by atoms with van der Waals surface area (Å²) < 4.78 is 22.3. The fourth-order valence-corrected chi connectivity index (χ4v) is 7.34. The molecule has 1 spiro atoms. The Labute approximate surface area is 270 Å². The van der Waals surface area contributed by atoms with E-state index in [4.69, 9.17) is 18.9 Å². The van der Waals surface area contributed by atoms with E-state index >= 15 is 0 Å². The number of aliphatic hydroxyl groups excluding tert-OH is 2. The maximum absolute atomic E-state index is 13.4. The lowest BCUT2D eigenvalue weighted by atomic mass is 9.52. The van der Waals surface area contributed by atoms with Gasteiger partial charge >= 0.3 is 23.9 Å². The van der Waals surface area contributed by atoms with Gasteiger partial charge in [0.25, 0.3) is 0 Å². The molecule has 256 valence electrons. The number of nitrogens with zero attached hydrogens (tertiary/aromatic N) is 1. The molecule has 4 aliphatic rings. The van der Waals surface area contributed by atoms with Crippen LogP contribution in [0, 0.1) is 0 Å². The first kappa shape index (κ1) is 34.3. The van der Waals surface area contributed by atoms with Crippen LogP contribution in [0.4, 0.5) is 0 Å². The highest BCUT2D eigenvalue weighted by Crippen LogP contribution is 2.64. The van der Waals surface area contributed by atoms with Gasteiger partial charge in [-0.1, -0.05) is 12.1 Å². The number of aliphatic carboxylic acids is 1. The van der Waals surface area contributed by atoms with Crippen molar-refractivity contribution in [3.63, 3.8) is 0 Å². The number of amides is 1. The molecular weight excluding hydrogens is 620 g/mol. The second-order valence-electron chi connectivity index (χ2n) is 12.5. The maximum atomic E-state index is 13.4. The van der Waals surface area contributed by atoms with Crippen LogP contribution in [0.15, 0.2) is 24.0 Å². The number of aliphatic hydroxyl groups is 3. The molecule has 47 heavy (non-hydrogen) atoms. The molecule has 0 unspecified atom stereocenters. The minimum absolute atomic E-state index is 0.0918. The summed E-state index contributed by atoms with van der Waals surface area (Å²) in [7, 11) is 1.96. The topological polar surface area (TPSA) is 218 Å². The smallest absolute Gasteiger partial charge is 0.348 e. The van der Waals surface area contributed by atoms with Crippen LogP contribution in [0.5, 0.6) is 5.75 Å². The molecule has 0 aromatic heterocycles. The summed E-state index contributed by atoms with van der Waals surface area (Å²) in [5.41, 5.74) is 0.0131. The molecule has 1 saturated heterocycles.